The number of aromatic nitrogens is 8. The maximum atomic E-state index is 5.37. The Kier molecular flexibility index (Phi) is 8.04. The molecular weight excluding hydrogens is 785 g/mol. The van der Waals surface area contributed by atoms with Gasteiger partial charge in [0.1, 0.15) is 22.6 Å². The van der Waals surface area contributed by atoms with E-state index in [4.69, 9.17) is 29.9 Å². The molecule has 3 aromatic heterocycles. The second-order valence-corrected chi connectivity index (χ2v) is 16.1. The maximum absolute atomic E-state index is 5.37. The van der Waals surface area contributed by atoms with Crippen molar-refractivity contribution in [2.24, 2.45) is 0 Å². The molecule has 0 saturated heterocycles. The molecule has 8 nitrogen and oxygen atoms in total. The predicted molar refractivity (Wildman–Crippen MR) is 258 cm³/mol. The van der Waals surface area contributed by atoms with Crippen molar-refractivity contribution >= 4 is 44.1 Å². The summed E-state index contributed by atoms with van der Waals surface area (Å²) in [5.41, 5.74) is 14.8. The van der Waals surface area contributed by atoms with Crippen molar-refractivity contribution < 1.29 is 0 Å². The molecule has 0 fully saturated rings. The summed E-state index contributed by atoms with van der Waals surface area (Å²) in [7, 11) is 0. The van der Waals surface area contributed by atoms with Crippen LogP contribution in [-0.2, 0) is 0 Å². The molecule has 0 atom stereocenters. The minimum Gasteiger partial charge on any atom is -0.324 e. The molecule has 0 unspecified atom stereocenters. The first-order valence-electron chi connectivity index (χ1n) is 21.3. The van der Waals surface area contributed by atoms with Crippen LogP contribution in [0.25, 0.3) is 134 Å². The Labute approximate surface area is 366 Å². The zero-order chi connectivity index (χ0) is 42.1. The van der Waals surface area contributed by atoms with Crippen LogP contribution in [0.1, 0.15) is 0 Å². The fourth-order valence-electron chi connectivity index (χ4n) is 9.03. The van der Waals surface area contributed by atoms with E-state index in [1.807, 2.05) is 24.3 Å². The Balaban J connectivity index is 1.15. The van der Waals surface area contributed by atoms with Crippen LogP contribution in [-0.4, -0.2) is 39.9 Å². The number of rotatable bonds is 4. The Bertz CT molecular complexity index is 3570. The van der Waals surface area contributed by atoms with Crippen LogP contribution in [0.15, 0.2) is 194 Å². The average Bonchev–Trinajstić information content (AvgIpc) is 4.10. The zero-order valence-electron chi connectivity index (χ0n) is 34.2. The van der Waals surface area contributed by atoms with Crippen LogP contribution < -0.4 is 0 Å². The summed E-state index contributed by atoms with van der Waals surface area (Å²) in [5.74, 6) is 2.22. The lowest BCUT2D eigenvalue weighted by atomic mass is 9.99. The van der Waals surface area contributed by atoms with E-state index in [-0.39, 0.29) is 0 Å². The van der Waals surface area contributed by atoms with Gasteiger partial charge in [-0.3, -0.25) is 0 Å². The van der Waals surface area contributed by atoms with Gasteiger partial charge in [-0.2, -0.15) is 0 Å². The molecular formula is C56H34N8. The summed E-state index contributed by atoms with van der Waals surface area (Å²) < 4.78 is 0. The monoisotopic (exact) mass is 818 g/mol. The Hall–Kier alpha value is -8.88. The molecule has 0 saturated carbocycles. The van der Waals surface area contributed by atoms with Gasteiger partial charge in [0.25, 0.3) is 0 Å². The third-order valence-corrected chi connectivity index (χ3v) is 12.3. The molecule has 13 rings (SSSR count). The number of H-pyrrole nitrogens is 2. The molecule has 0 radical (unpaired) electrons. The third kappa shape index (κ3) is 6.00. The van der Waals surface area contributed by atoms with E-state index in [0.29, 0.717) is 45.9 Å². The number of aromatic amines is 2. The highest BCUT2D eigenvalue weighted by molar-refractivity contribution is 6.08. The number of fused-ring (bicyclic) bond motifs is 20. The van der Waals surface area contributed by atoms with Crippen LogP contribution in [0.4, 0.5) is 0 Å². The molecule has 2 aliphatic heterocycles. The molecule has 2 aliphatic rings. The Morgan fingerprint density at radius 3 is 0.875 bits per heavy atom. The van der Waals surface area contributed by atoms with Crippen LogP contribution in [0.5, 0.6) is 0 Å². The fourth-order valence-corrected chi connectivity index (χ4v) is 9.03. The van der Waals surface area contributed by atoms with E-state index >= 15 is 0 Å². The van der Waals surface area contributed by atoms with E-state index in [1.165, 1.54) is 0 Å². The molecule has 298 valence electrons. The predicted octanol–water partition coefficient (Wildman–Crippen LogP) is 13.5. The van der Waals surface area contributed by atoms with Gasteiger partial charge in [-0.1, -0.05) is 146 Å². The number of benzene rings is 8. The molecule has 2 N–H and O–H groups in total. The minimum absolute atomic E-state index is 0.554. The molecule has 5 heterocycles. The zero-order valence-corrected chi connectivity index (χ0v) is 34.2. The summed E-state index contributed by atoms with van der Waals surface area (Å²) in [4.78, 5) is 39.1. The van der Waals surface area contributed by atoms with Crippen LogP contribution in [0.2, 0.25) is 0 Å². The fraction of sp³-hybridized carbons (Fsp3) is 0. The van der Waals surface area contributed by atoms with Crippen LogP contribution in [0.3, 0.4) is 0 Å². The molecule has 0 aliphatic carbocycles. The molecule has 0 amide bonds. The van der Waals surface area contributed by atoms with Crippen molar-refractivity contribution in [3.8, 4) is 90.1 Å². The number of nitrogens with zero attached hydrogens (tertiary/aromatic N) is 6. The Morgan fingerprint density at radius 2 is 0.516 bits per heavy atom. The molecule has 0 spiro atoms. The maximum Gasteiger partial charge on any atom is 0.164 e. The number of hydrogen-bond acceptors (Lipinski definition) is 6. The van der Waals surface area contributed by atoms with Crippen molar-refractivity contribution in [3.63, 3.8) is 0 Å². The molecule has 8 bridgehead atoms. The van der Waals surface area contributed by atoms with Crippen molar-refractivity contribution in [1.82, 2.24) is 39.9 Å². The van der Waals surface area contributed by atoms with Crippen molar-refractivity contribution in [3.05, 3.63) is 194 Å². The number of nitrogens with one attached hydrogen (secondary N) is 2. The smallest absolute Gasteiger partial charge is 0.164 e. The quantitative estimate of drug-likeness (QED) is 0.183. The highest BCUT2D eigenvalue weighted by Gasteiger charge is 2.24. The van der Waals surface area contributed by atoms with Crippen LogP contribution in [0, 0.1) is 0 Å². The van der Waals surface area contributed by atoms with Gasteiger partial charge in [0.2, 0.25) is 0 Å². The van der Waals surface area contributed by atoms with E-state index in [2.05, 4.69) is 180 Å². The second-order valence-electron chi connectivity index (χ2n) is 16.1. The lowest BCUT2D eigenvalue weighted by molar-refractivity contribution is 1.19. The topological polar surface area (TPSA) is 109 Å². The summed E-state index contributed by atoms with van der Waals surface area (Å²) in [5, 5.41) is 3.66. The van der Waals surface area contributed by atoms with Crippen molar-refractivity contribution in [1.29, 1.82) is 0 Å². The largest absolute Gasteiger partial charge is 0.324 e. The normalized spacial score (nSPS) is 11.8. The van der Waals surface area contributed by atoms with Gasteiger partial charge in [-0.15, -0.1) is 0 Å². The molecule has 8 aromatic carbocycles. The van der Waals surface area contributed by atoms with Gasteiger partial charge < -0.3 is 9.97 Å². The standard InChI is InChI=1S/C56H34N8/c1-5-13-33(14-6-1)37-21-25-41-45(29-37)53-59-49(41)57-50-43-27-23-39(35-17-9-3-10-18-35)31-47(43)55(61-50)64-56-48-32-40(36-19-11-4-12-20-36)24-28-44(48)52(62-56)58-51-42-26-22-38(34-15-7-2-8-16-34)30-46(42)54(60-51)63-53/h1-32H,(H2,57,58,59,60,61,62,63,64). The van der Waals surface area contributed by atoms with Gasteiger partial charge in [0.15, 0.2) is 23.3 Å². The summed E-state index contributed by atoms with van der Waals surface area (Å²) in [6, 6.07) is 67.2. The van der Waals surface area contributed by atoms with Crippen LogP contribution >= 0.6 is 0 Å². The van der Waals surface area contributed by atoms with Gasteiger partial charge in [-0.25, -0.2) is 29.9 Å². The summed E-state index contributed by atoms with van der Waals surface area (Å²) in [6.45, 7) is 0. The first kappa shape index (κ1) is 35.8. The average molecular weight is 819 g/mol. The second kappa shape index (κ2) is 14.4. The van der Waals surface area contributed by atoms with E-state index in [1.54, 1.807) is 0 Å². The van der Waals surface area contributed by atoms with E-state index in [0.717, 1.165) is 88.3 Å². The number of hydrogen-bond donors (Lipinski definition) is 2. The lowest BCUT2D eigenvalue weighted by Gasteiger charge is -2.05. The third-order valence-electron chi connectivity index (χ3n) is 12.3. The molecule has 64 heavy (non-hydrogen) atoms. The van der Waals surface area contributed by atoms with Crippen molar-refractivity contribution in [2.45, 2.75) is 0 Å². The van der Waals surface area contributed by atoms with Crippen molar-refractivity contribution in [2.75, 3.05) is 0 Å². The summed E-state index contributed by atoms with van der Waals surface area (Å²) >= 11 is 0. The lowest BCUT2D eigenvalue weighted by Crippen LogP contribution is -1.85. The Morgan fingerprint density at radius 1 is 0.219 bits per heavy atom. The highest BCUT2D eigenvalue weighted by Crippen LogP contribution is 2.41. The molecule has 8 heteroatoms. The van der Waals surface area contributed by atoms with Gasteiger partial charge >= 0.3 is 0 Å². The van der Waals surface area contributed by atoms with Gasteiger partial charge in [0, 0.05) is 43.8 Å². The first-order valence-corrected chi connectivity index (χ1v) is 21.3. The van der Waals surface area contributed by atoms with E-state index in [9.17, 15) is 0 Å². The SMILES string of the molecule is c1ccc(-c2ccc3c(c2)-c2nc-3nc3[nH]c(nc4nc(nc5[nH]c(n2)c2cc(-c6ccccc6)ccc52)-c2ccc(-c5ccccc5)cc2-4)c2cc(-c4ccccc4)ccc32)cc1. The molecule has 11 aromatic rings. The van der Waals surface area contributed by atoms with Gasteiger partial charge in [-0.05, 0) is 93.0 Å². The minimum atomic E-state index is 0.554. The van der Waals surface area contributed by atoms with E-state index < -0.39 is 0 Å². The van der Waals surface area contributed by atoms with Gasteiger partial charge in [0.05, 0.1) is 0 Å². The summed E-state index contributed by atoms with van der Waals surface area (Å²) in [6.07, 6.45) is 0. The first-order chi connectivity index (χ1) is 31.7. The highest BCUT2D eigenvalue weighted by atomic mass is 15.1.